The maximum absolute atomic E-state index is 12.8. The van der Waals surface area contributed by atoms with E-state index in [4.69, 9.17) is 4.74 Å². The van der Waals surface area contributed by atoms with Crippen molar-refractivity contribution in [1.29, 1.82) is 0 Å². The quantitative estimate of drug-likeness (QED) is 0.445. The molecule has 1 aliphatic rings. The summed E-state index contributed by atoms with van der Waals surface area (Å²) in [6, 6.07) is 5.36. The molecule has 2 rings (SSSR count). The van der Waals surface area contributed by atoms with Crippen LogP contribution in [0, 0.1) is 17.8 Å². The Kier molecular flexibility index (Phi) is 8.80. The molecule has 0 amide bonds. The van der Waals surface area contributed by atoms with Crippen LogP contribution in [0.25, 0.3) is 0 Å². The van der Waals surface area contributed by atoms with Crippen molar-refractivity contribution < 1.29 is 17.9 Å². The lowest BCUT2D eigenvalue weighted by molar-refractivity contribution is -0.137. The zero-order valence-electron chi connectivity index (χ0n) is 17.1. The van der Waals surface area contributed by atoms with Crippen molar-refractivity contribution in [2.45, 2.75) is 26.1 Å². The van der Waals surface area contributed by atoms with E-state index in [1.807, 2.05) is 0 Å². The van der Waals surface area contributed by atoms with Gasteiger partial charge in [0.1, 0.15) is 0 Å². The van der Waals surface area contributed by atoms with E-state index in [1.54, 1.807) is 13.1 Å². The van der Waals surface area contributed by atoms with Crippen LogP contribution in [0.15, 0.2) is 29.3 Å². The summed E-state index contributed by atoms with van der Waals surface area (Å²) in [5, 5.41) is 6.40. The van der Waals surface area contributed by atoms with Crippen molar-refractivity contribution in [2.24, 2.45) is 10.9 Å². The van der Waals surface area contributed by atoms with E-state index in [2.05, 4.69) is 46.2 Å². The van der Waals surface area contributed by atoms with Gasteiger partial charge in [-0.15, -0.1) is 0 Å². The van der Waals surface area contributed by atoms with Crippen LogP contribution in [0.1, 0.15) is 25.0 Å². The lowest BCUT2D eigenvalue weighted by atomic mass is 10.0. The van der Waals surface area contributed by atoms with Gasteiger partial charge in [0.2, 0.25) is 0 Å². The number of guanidine groups is 1. The fourth-order valence-electron chi connectivity index (χ4n) is 3.16. The van der Waals surface area contributed by atoms with Crippen LogP contribution in [-0.4, -0.2) is 63.3 Å². The fraction of sp³-hybridized carbons (Fsp3) is 0.571. The molecule has 0 spiro atoms. The van der Waals surface area contributed by atoms with Crippen molar-refractivity contribution in [2.75, 3.05) is 46.4 Å². The lowest BCUT2D eigenvalue weighted by Gasteiger charge is -2.37. The van der Waals surface area contributed by atoms with E-state index in [-0.39, 0.29) is 6.54 Å². The zero-order valence-corrected chi connectivity index (χ0v) is 17.1. The van der Waals surface area contributed by atoms with Gasteiger partial charge in [0, 0.05) is 38.3 Å². The molecule has 2 N–H and O–H groups in total. The number of hydrogen-bond acceptors (Lipinski definition) is 3. The van der Waals surface area contributed by atoms with Crippen LogP contribution in [0.2, 0.25) is 0 Å². The van der Waals surface area contributed by atoms with Crippen LogP contribution in [-0.2, 0) is 10.9 Å². The largest absolute Gasteiger partial charge is 0.416 e. The van der Waals surface area contributed by atoms with Crippen molar-refractivity contribution in [1.82, 2.24) is 15.5 Å². The van der Waals surface area contributed by atoms with Crippen LogP contribution >= 0.6 is 0 Å². The summed E-state index contributed by atoms with van der Waals surface area (Å²) in [4.78, 5) is 6.61. The van der Waals surface area contributed by atoms with Crippen molar-refractivity contribution >= 4 is 5.96 Å². The molecule has 0 aromatic heterocycles. The van der Waals surface area contributed by atoms with E-state index >= 15 is 0 Å². The van der Waals surface area contributed by atoms with E-state index in [0.29, 0.717) is 23.5 Å². The number of alkyl halides is 3. The number of hydrogen-bond donors (Lipinski definition) is 2. The molecule has 1 aliphatic heterocycles. The highest BCUT2D eigenvalue weighted by molar-refractivity contribution is 5.79. The molecule has 0 radical (unpaired) electrons. The molecule has 1 atom stereocenters. The minimum absolute atomic E-state index is 0.278. The average Bonchev–Trinajstić information content (AvgIpc) is 2.70. The summed E-state index contributed by atoms with van der Waals surface area (Å²) in [6.07, 6.45) is -4.37. The molecule has 1 unspecified atom stereocenters. The molecule has 0 saturated carbocycles. The predicted molar refractivity (Wildman–Crippen MR) is 109 cm³/mol. The third kappa shape index (κ3) is 7.59. The highest BCUT2D eigenvalue weighted by atomic mass is 19.4. The van der Waals surface area contributed by atoms with E-state index in [1.165, 1.54) is 6.07 Å². The van der Waals surface area contributed by atoms with Crippen LogP contribution in [0.4, 0.5) is 13.2 Å². The number of morpholine rings is 1. The first-order valence-corrected chi connectivity index (χ1v) is 9.73. The molecular weight excluding hydrogens is 381 g/mol. The highest BCUT2D eigenvalue weighted by Crippen LogP contribution is 2.29. The number of nitrogens with one attached hydrogen (secondary N) is 2. The summed E-state index contributed by atoms with van der Waals surface area (Å²) >= 11 is 0. The monoisotopic (exact) mass is 410 g/mol. The second-order valence-corrected chi connectivity index (χ2v) is 7.15. The third-order valence-corrected chi connectivity index (χ3v) is 4.75. The highest BCUT2D eigenvalue weighted by Gasteiger charge is 2.30. The first-order valence-electron chi connectivity index (χ1n) is 9.73. The SMILES string of the molecule is CN=C(NCC#Cc1cccc(C(F)(F)F)c1)NCC(C(C)C)N1CCOCC1. The Morgan fingerprint density at radius 3 is 2.59 bits per heavy atom. The third-order valence-electron chi connectivity index (χ3n) is 4.75. The first-order chi connectivity index (χ1) is 13.8. The molecule has 29 heavy (non-hydrogen) atoms. The molecule has 5 nitrogen and oxygen atoms in total. The van der Waals surface area contributed by atoms with Crippen molar-refractivity contribution in [3.05, 3.63) is 35.4 Å². The maximum atomic E-state index is 12.8. The molecule has 0 aliphatic carbocycles. The molecule has 160 valence electrons. The Balaban J connectivity index is 1.86. The van der Waals surface area contributed by atoms with Gasteiger partial charge in [-0.2, -0.15) is 13.2 Å². The first kappa shape index (κ1) is 23.0. The smallest absolute Gasteiger partial charge is 0.379 e. The van der Waals surface area contributed by atoms with Crippen LogP contribution in [0.3, 0.4) is 0 Å². The van der Waals surface area contributed by atoms with Gasteiger partial charge in [-0.1, -0.05) is 31.8 Å². The van der Waals surface area contributed by atoms with Gasteiger partial charge >= 0.3 is 6.18 Å². The topological polar surface area (TPSA) is 48.9 Å². The number of aliphatic imine (C=N–C) groups is 1. The molecule has 1 fully saturated rings. The van der Waals surface area contributed by atoms with Gasteiger partial charge in [-0.05, 0) is 24.1 Å². The Morgan fingerprint density at radius 2 is 1.97 bits per heavy atom. The van der Waals surface area contributed by atoms with E-state index in [9.17, 15) is 13.2 Å². The molecule has 0 bridgehead atoms. The zero-order chi connectivity index (χ0) is 21.3. The number of benzene rings is 1. The molecule has 1 aromatic rings. The van der Waals surface area contributed by atoms with E-state index < -0.39 is 11.7 Å². The summed E-state index contributed by atoms with van der Waals surface area (Å²) in [5.74, 6) is 6.68. The minimum Gasteiger partial charge on any atom is -0.379 e. The van der Waals surface area contributed by atoms with Crippen LogP contribution < -0.4 is 10.6 Å². The summed E-state index contributed by atoms with van der Waals surface area (Å²) in [6.45, 7) is 8.73. The van der Waals surface area contributed by atoms with Gasteiger partial charge in [-0.25, -0.2) is 0 Å². The molecule has 1 heterocycles. The number of nitrogens with zero attached hydrogens (tertiary/aromatic N) is 2. The second kappa shape index (κ2) is 11.1. The molecule has 1 saturated heterocycles. The Hall–Kier alpha value is -2.24. The van der Waals surface area contributed by atoms with Gasteiger partial charge in [0.05, 0.1) is 25.3 Å². The summed E-state index contributed by atoms with van der Waals surface area (Å²) in [7, 11) is 1.68. The van der Waals surface area contributed by atoms with E-state index in [0.717, 1.165) is 45.0 Å². The molecule has 8 heteroatoms. The maximum Gasteiger partial charge on any atom is 0.416 e. The number of rotatable bonds is 5. The summed E-state index contributed by atoms with van der Waals surface area (Å²) in [5.41, 5.74) is -0.366. The fourth-order valence-corrected chi connectivity index (χ4v) is 3.16. The van der Waals surface area contributed by atoms with Gasteiger partial charge in [0.15, 0.2) is 5.96 Å². The summed E-state index contributed by atoms with van der Waals surface area (Å²) < 4.78 is 43.7. The standard InChI is InChI=1S/C21H29F3N4O/c1-16(2)19(28-10-12-29-13-11-28)15-27-20(25-3)26-9-5-7-17-6-4-8-18(14-17)21(22,23)24/h4,6,8,14,16,19H,9-13,15H2,1-3H3,(H2,25,26,27). The Bertz CT molecular complexity index is 731. The predicted octanol–water partition coefficient (Wildman–Crippen LogP) is 2.58. The average molecular weight is 410 g/mol. The second-order valence-electron chi connectivity index (χ2n) is 7.15. The van der Waals surface area contributed by atoms with Gasteiger partial charge in [0.25, 0.3) is 0 Å². The Labute approximate surface area is 170 Å². The van der Waals surface area contributed by atoms with Crippen molar-refractivity contribution in [3.63, 3.8) is 0 Å². The normalized spacial score (nSPS) is 16.9. The van der Waals surface area contributed by atoms with Gasteiger partial charge in [-0.3, -0.25) is 9.89 Å². The lowest BCUT2D eigenvalue weighted by Crippen LogP contribution is -2.52. The van der Waals surface area contributed by atoms with Crippen molar-refractivity contribution in [3.8, 4) is 11.8 Å². The number of halogens is 3. The number of ether oxygens (including phenoxy) is 1. The minimum atomic E-state index is -4.37. The van der Waals surface area contributed by atoms with Crippen LogP contribution in [0.5, 0.6) is 0 Å². The Morgan fingerprint density at radius 1 is 1.24 bits per heavy atom. The molecule has 1 aromatic carbocycles. The molecular formula is C21H29F3N4O. The van der Waals surface area contributed by atoms with Gasteiger partial charge < -0.3 is 15.4 Å².